The molecule has 2 fully saturated rings. The molecule has 1 aromatic rings. The first-order valence-corrected chi connectivity index (χ1v) is 9.55. The number of carboxylic acids is 1. The summed E-state index contributed by atoms with van der Waals surface area (Å²) in [6.45, 7) is 10.1. The molecule has 0 bridgehead atoms. The fraction of sp³-hybridized carbons (Fsp3) is 0.684. The molecule has 6 nitrogen and oxygen atoms in total. The highest BCUT2D eigenvalue weighted by Crippen LogP contribution is 2.31. The number of aromatic carboxylic acids is 1. The number of hydrogen-bond donors (Lipinski definition) is 1. The second-order valence-electron chi connectivity index (χ2n) is 7.73. The summed E-state index contributed by atoms with van der Waals surface area (Å²) in [5.41, 5.74) is 2.29. The van der Waals surface area contributed by atoms with E-state index in [1.165, 1.54) is 19.4 Å². The summed E-state index contributed by atoms with van der Waals surface area (Å²) in [7, 11) is 0. The summed E-state index contributed by atoms with van der Waals surface area (Å²) >= 11 is 0. The van der Waals surface area contributed by atoms with Gasteiger partial charge in [-0.2, -0.15) is 5.10 Å². The van der Waals surface area contributed by atoms with Crippen LogP contribution in [-0.4, -0.2) is 69.4 Å². The van der Waals surface area contributed by atoms with E-state index >= 15 is 0 Å². The summed E-state index contributed by atoms with van der Waals surface area (Å²) in [4.78, 5) is 16.8. The van der Waals surface area contributed by atoms with Crippen molar-refractivity contribution in [3.8, 4) is 0 Å². The Morgan fingerprint density at radius 2 is 2.00 bits per heavy atom. The van der Waals surface area contributed by atoms with Crippen molar-refractivity contribution < 1.29 is 9.90 Å². The molecule has 1 saturated heterocycles. The van der Waals surface area contributed by atoms with Crippen LogP contribution in [-0.2, 0) is 19.4 Å². The standard InChI is InChI=1S/C19H28N4O2/c1-2-7-23-17-6-5-15(12-16(17)18(20-23)19(24)25)22-10-8-21(9-11-22)13-14-3-4-14/h2,14-15H,1,3-13H2,(H,24,25)/t15-/m0/s1. The highest BCUT2D eigenvalue weighted by molar-refractivity contribution is 5.87. The van der Waals surface area contributed by atoms with Crippen LogP contribution in [0.4, 0.5) is 0 Å². The summed E-state index contributed by atoms with van der Waals surface area (Å²) in [6.07, 6.45) is 7.44. The van der Waals surface area contributed by atoms with Gasteiger partial charge in [-0.15, -0.1) is 6.58 Å². The van der Waals surface area contributed by atoms with Gasteiger partial charge in [-0.25, -0.2) is 4.79 Å². The van der Waals surface area contributed by atoms with Crippen LogP contribution in [0.5, 0.6) is 0 Å². The van der Waals surface area contributed by atoms with Gasteiger partial charge in [0.25, 0.3) is 0 Å². The van der Waals surface area contributed by atoms with Crippen molar-refractivity contribution in [1.82, 2.24) is 19.6 Å². The Bertz CT molecular complexity index is 657. The average molecular weight is 344 g/mol. The maximum Gasteiger partial charge on any atom is 0.356 e. The van der Waals surface area contributed by atoms with Crippen LogP contribution in [0, 0.1) is 5.92 Å². The zero-order valence-electron chi connectivity index (χ0n) is 14.9. The molecule has 0 spiro atoms. The van der Waals surface area contributed by atoms with E-state index in [4.69, 9.17) is 0 Å². The van der Waals surface area contributed by atoms with Gasteiger partial charge in [0.05, 0.1) is 6.54 Å². The molecule has 1 atom stereocenters. The molecule has 0 radical (unpaired) electrons. The smallest absolute Gasteiger partial charge is 0.356 e. The molecule has 1 aromatic heterocycles. The number of fused-ring (bicyclic) bond motifs is 1. The van der Waals surface area contributed by atoms with Gasteiger partial charge >= 0.3 is 5.97 Å². The van der Waals surface area contributed by atoms with Gasteiger partial charge < -0.3 is 10.0 Å². The predicted molar refractivity (Wildman–Crippen MR) is 95.9 cm³/mol. The molecule has 1 saturated carbocycles. The molecule has 0 amide bonds. The van der Waals surface area contributed by atoms with Crippen LogP contribution < -0.4 is 0 Å². The molecule has 2 aliphatic carbocycles. The lowest BCUT2D eigenvalue weighted by Gasteiger charge is -2.40. The summed E-state index contributed by atoms with van der Waals surface area (Å²) in [5.74, 6) is 0.0478. The van der Waals surface area contributed by atoms with Gasteiger partial charge in [0.2, 0.25) is 0 Å². The van der Waals surface area contributed by atoms with Crippen molar-refractivity contribution in [3.63, 3.8) is 0 Å². The molecule has 0 unspecified atom stereocenters. The van der Waals surface area contributed by atoms with E-state index in [2.05, 4.69) is 21.5 Å². The van der Waals surface area contributed by atoms with E-state index < -0.39 is 5.97 Å². The van der Waals surface area contributed by atoms with Gasteiger partial charge in [-0.05, 0) is 38.0 Å². The lowest BCUT2D eigenvalue weighted by Crippen LogP contribution is -2.52. The van der Waals surface area contributed by atoms with Gasteiger partial charge in [0, 0.05) is 50.0 Å². The third-order valence-electron chi connectivity index (χ3n) is 5.96. The molecule has 2 heterocycles. The Hall–Kier alpha value is -1.66. The van der Waals surface area contributed by atoms with Crippen LogP contribution in [0.25, 0.3) is 0 Å². The monoisotopic (exact) mass is 344 g/mol. The Labute approximate surface area is 149 Å². The predicted octanol–water partition coefficient (Wildman–Crippen LogP) is 1.65. The average Bonchev–Trinajstić information content (AvgIpc) is 3.35. The Morgan fingerprint density at radius 1 is 1.24 bits per heavy atom. The fourth-order valence-corrected chi connectivity index (χ4v) is 4.40. The molecule has 1 aliphatic heterocycles. The molecule has 6 heteroatoms. The number of piperazine rings is 1. The molecule has 25 heavy (non-hydrogen) atoms. The second kappa shape index (κ2) is 6.92. The molecule has 0 aromatic carbocycles. The quantitative estimate of drug-likeness (QED) is 0.795. The molecule has 3 aliphatic rings. The fourth-order valence-electron chi connectivity index (χ4n) is 4.40. The van der Waals surface area contributed by atoms with Gasteiger partial charge in [-0.3, -0.25) is 9.58 Å². The Balaban J connectivity index is 1.43. The van der Waals surface area contributed by atoms with Crippen LogP contribution >= 0.6 is 0 Å². The van der Waals surface area contributed by atoms with E-state index in [9.17, 15) is 9.90 Å². The lowest BCUT2D eigenvalue weighted by atomic mass is 9.90. The summed E-state index contributed by atoms with van der Waals surface area (Å²) in [5, 5.41) is 13.9. The molecular formula is C19H28N4O2. The first-order valence-electron chi connectivity index (χ1n) is 9.55. The van der Waals surface area contributed by atoms with Crippen LogP contribution in [0.2, 0.25) is 0 Å². The first kappa shape index (κ1) is 16.8. The molecular weight excluding hydrogens is 316 g/mol. The normalized spacial score (nSPS) is 24.9. The van der Waals surface area contributed by atoms with Gasteiger partial charge in [0.1, 0.15) is 0 Å². The second-order valence-corrected chi connectivity index (χ2v) is 7.73. The molecule has 1 N–H and O–H groups in total. The topological polar surface area (TPSA) is 61.6 Å². The lowest BCUT2D eigenvalue weighted by molar-refractivity contribution is 0.0684. The zero-order valence-corrected chi connectivity index (χ0v) is 14.9. The van der Waals surface area contributed by atoms with Gasteiger partial charge in [0.15, 0.2) is 5.69 Å². The number of allylic oxidation sites excluding steroid dienone is 1. The van der Waals surface area contributed by atoms with Crippen molar-refractivity contribution >= 4 is 5.97 Å². The third-order valence-corrected chi connectivity index (χ3v) is 5.96. The van der Waals surface area contributed by atoms with Crippen LogP contribution in [0.3, 0.4) is 0 Å². The maximum atomic E-state index is 11.6. The molecule has 136 valence electrons. The van der Waals surface area contributed by atoms with Crippen LogP contribution in [0.1, 0.15) is 41.0 Å². The van der Waals surface area contributed by atoms with E-state index in [0.717, 1.165) is 62.6 Å². The van der Waals surface area contributed by atoms with E-state index in [1.54, 1.807) is 6.08 Å². The van der Waals surface area contributed by atoms with E-state index in [0.29, 0.717) is 12.6 Å². The number of carbonyl (C=O) groups is 1. The number of carboxylic acid groups (broad SMARTS) is 1. The largest absolute Gasteiger partial charge is 0.476 e. The van der Waals surface area contributed by atoms with Crippen molar-refractivity contribution in [2.75, 3.05) is 32.7 Å². The summed E-state index contributed by atoms with van der Waals surface area (Å²) < 4.78 is 1.83. The molecule has 4 rings (SSSR count). The van der Waals surface area contributed by atoms with Crippen molar-refractivity contribution in [3.05, 3.63) is 29.6 Å². The number of nitrogens with zero attached hydrogens (tertiary/aromatic N) is 4. The number of rotatable bonds is 6. The van der Waals surface area contributed by atoms with E-state index in [-0.39, 0.29) is 5.69 Å². The number of hydrogen-bond acceptors (Lipinski definition) is 4. The first-order chi connectivity index (χ1) is 12.2. The Morgan fingerprint density at radius 3 is 2.64 bits per heavy atom. The Kier molecular flexibility index (Phi) is 4.65. The minimum absolute atomic E-state index is 0.244. The van der Waals surface area contributed by atoms with E-state index in [1.807, 2.05) is 4.68 Å². The summed E-state index contributed by atoms with van der Waals surface area (Å²) in [6, 6.07) is 0.454. The van der Waals surface area contributed by atoms with Crippen molar-refractivity contribution in [2.24, 2.45) is 5.92 Å². The number of aromatic nitrogens is 2. The maximum absolute atomic E-state index is 11.6. The third kappa shape index (κ3) is 3.51. The zero-order chi connectivity index (χ0) is 17.4. The SMILES string of the molecule is C=CCn1nc(C(=O)O)c2c1CC[C@H](N1CCN(CC3CC3)CC1)C2. The van der Waals surface area contributed by atoms with Gasteiger partial charge in [-0.1, -0.05) is 6.08 Å². The highest BCUT2D eigenvalue weighted by Gasteiger charge is 2.33. The minimum atomic E-state index is -0.908. The van der Waals surface area contributed by atoms with Crippen LogP contribution in [0.15, 0.2) is 12.7 Å². The highest BCUT2D eigenvalue weighted by atomic mass is 16.4. The minimum Gasteiger partial charge on any atom is -0.476 e. The van der Waals surface area contributed by atoms with Crippen molar-refractivity contribution in [1.29, 1.82) is 0 Å². The van der Waals surface area contributed by atoms with Crippen molar-refractivity contribution in [2.45, 2.75) is 44.7 Å².